The van der Waals surface area contributed by atoms with Gasteiger partial charge in [0.2, 0.25) is 0 Å². The van der Waals surface area contributed by atoms with Crippen molar-refractivity contribution in [2.45, 2.75) is 25.7 Å². The van der Waals surface area contributed by atoms with E-state index in [1.807, 2.05) is 65.3 Å². The number of carbonyl (C=O) groups excluding carboxylic acids is 1. The molecule has 1 fully saturated rings. The molecular weight excluding hydrogens is 374 g/mol. The van der Waals surface area contributed by atoms with Gasteiger partial charge in [0.05, 0.1) is 0 Å². The summed E-state index contributed by atoms with van der Waals surface area (Å²) in [4.78, 5) is 18.5. The lowest BCUT2D eigenvalue weighted by atomic mass is 9.86. The molecule has 0 atom stereocenters. The molecular formula is C25H25N3O2. The number of hydrogen-bond donors (Lipinski definition) is 0. The molecule has 0 aliphatic carbocycles. The normalized spacial score (nSPS) is 14.1. The number of likely N-dealkylation sites (tertiary alicyclic amines) is 1. The topological polar surface area (TPSA) is 47.4 Å². The number of nitrogens with zero attached hydrogens (tertiary/aromatic N) is 3. The summed E-state index contributed by atoms with van der Waals surface area (Å²) in [6.45, 7) is 3.12. The summed E-state index contributed by atoms with van der Waals surface area (Å²) in [5.41, 5.74) is 2.33. The van der Waals surface area contributed by atoms with Crippen LogP contribution in [0.2, 0.25) is 0 Å². The lowest BCUT2D eigenvalue weighted by Gasteiger charge is -2.32. The molecule has 0 saturated carbocycles. The average Bonchev–Trinajstić information content (AvgIpc) is 3.20. The number of amides is 1. The molecule has 30 heavy (non-hydrogen) atoms. The number of aromatic nitrogens is 2. The first-order chi connectivity index (χ1) is 14.7. The third-order valence-electron chi connectivity index (χ3n) is 5.52. The number of imidazole rings is 1. The van der Waals surface area contributed by atoms with Crippen molar-refractivity contribution in [3.63, 3.8) is 0 Å². The van der Waals surface area contributed by atoms with Crippen LogP contribution in [-0.2, 0) is 11.8 Å². The van der Waals surface area contributed by atoms with E-state index in [-0.39, 0.29) is 5.91 Å². The predicted octanol–water partition coefficient (Wildman–Crippen LogP) is 4.61. The third-order valence-corrected chi connectivity index (χ3v) is 5.52. The number of piperidine rings is 1. The first-order valence-corrected chi connectivity index (χ1v) is 10.2. The van der Waals surface area contributed by atoms with Crippen LogP contribution in [-0.4, -0.2) is 33.4 Å². The molecule has 1 aromatic heterocycles. The lowest BCUT2D eigenvalue weighted by molar-refractivity contribution is -0.126. The van der Waals surface area contributed by atoms with Crippen molar-refractivity contribution in [3.8, 4) is 34.7 Å². The van der Waals surface area contributed by atoms with E-state index in [2.05, 4.69) is 29.0 Å². The largest absolute Gasteiger partial charge is 0.457 e. The van der Waals surface area contributed by atoms with Gasteiger partial charge in [-0.1, -0.05) is 24.1 Å². The molecule has 2 aromatic carbocycles. The minimum absolute atomic E-state index is 0.0820. The third kappa shape index (κ3) is 4.23. The highest BCUT2D eigenvalue weighted by atomic mass is 16.5. The van der Waals surface area contributed by atoms with Crippen LogP contribution in [0.4, 0.5) is 0 Å². The maximum absolute atomic E-state index is 12.1. The van der Waals surface area contributed by atoms with Gasteiger partial charge in [0.15, 0.2) is 0 Å². The van der Waals surface area contributed by atoms with Gasteiger partial charge in [-0.15, -0.1) is 0 Å². The van der Waals surface area contributed by atoms with Gasteiger partial charge in [0.1, 0.15) is 17.3 Å². The summed E-state index contributed by atoms with van der Waals surface area (Å²) >= 11 is 0. The average molecular weight is 399 g/mol. The minimum atomic E-state index is -0.0820. The van der Waals surface area contributed by atoms with Crippen LogP contribution < -0.4 is 4.74 Å². The van der Waals surface area contributed by atoms with E-state index in [0.717, 1.165) is 35.7 Å². The van der Waals surface area contributed by atoms with Gasteiger partial charge in [-0.05, 0) is 67.5 Å². The Morgan fingerprint density at radius 3 is 2.53 bits per heavy atom. The lowest BCUT2D eigenvalue weighted by Crippen LogP contribution is -2.37. The van der Waals surface area contributed by atoms with Gasteiger partial charge in [0.25, 0.3) is 5.91 Å². The first-order valence-electron chi connectivity index (χ1n) is 10.2. The molecule has 1 aliphatic rings. The van der Waals surface area contributed by atoms with Crippen LogP contribution in [0.3, 0.4) is 0 Å². The fourth-order valence-corrected chi connectivity index (χ4v) is 3.98. The number of hydrogen-bond acceptors (Lipinski definition) is 3. The second kappa shape index (κ2) is 8.87. The van der Waals surface area contributed by atoms with Gasteiger partial charge in [0, 0.05) is 38.1 Å². The van der Waals surface area contributed by atoms with Crippen molar-refractivity contribution in [2.24, 2.45) is 7.05 Å². The van der Waals surface area contributed by atoms with Crippen molar-refractivity contribution in [1.82, 2.24) is 14.5 Å². The van der Waals surface area contributed by atoms with E-state index >= 15 is 0 Å². The fraction of sp³-hybridized carbons (Fsp3) is 0.280. The summed E-state index contributed by atoms with van der Waals surface area (Å²) in [5, 5.41) is 0. The highest BCUT2D eigenvalue weighted by molar-refractivity contribution is 5.93. The van der Waals surface area contributed by atoms with Crippen molar-refractivity contribution < 1.29 is 9.53 Å². The number of carbonyl (C=O) groups is 1. The fourth-order valence-electron chi connectivity index (χ4n) is 3.98. The molecule has 0 spiro atoms. The van der Waals surface area contributed by atoms with E-state index in [0.29, 0.717) is 19.0 Å². The van der Waals surface area contributed by atoms with E-state index in [9.17, 15) is 4.79 Å². The van der Waals surface area contributed by atoms with Crippen molar-refractivity contribution in [1.29, 1.82) is 0 Å². The Kier molecular flexibility index (Phi) is 5.85. The Labute approximate surface area is 177 Å². The number of ether oxygens (including phenoxy) is 1. The van der Waals surface area contributed by atoms with Gasteiger partial charge < -0.3 is 14.2 Å². The summed E-state index contributed by atoms with van der Waals surface area (Å²) in [6, 6.07) is 16.0. The standard InChI is InChI=1S/C25H25N3O2/c1-3-7-24(29)28-15-12-19(13-16-28)23-18-21(30-20-8-5-4-6-9-20)10-11-22(23)25-26-14-17-27(25)2/h4-6,8-11,14,17-19H,12-13,15-16H2,1-2H3. The zero-order valence-electron chi connectivity index (χ0n) is 17.3. The van der Waals surface area contributed by atoms with E-state index < -0.39 is 0 Å². The Bertz CT molecular complexity index is 1080. The molecule has 5 nitrogen and oxygen atoms in total. The van der Waals surface area contributed by atoms with Crippen LogP contribution in [0.25, 0.3) is 11.4 Å². The van der Waals surface area contributed by atoms with Crippen molar-refractivity contribution in [2.75, 3.05) is 13.1 Å². The molecule has 0 unspecified atom stereocenters. The molecule has 2 heterocycles. The number of para-hydroxylation sites is 1. The van der Waals surface area contributed by atoms with E-state index in [4.69, 9.17) is 4.74 Å². The smallest absolute Gasteiger partial charge is 0.298 e. The van der Waals surface area contributed by atoms with Crippen LogP contribution in [0.1, 0.15) is 31.2 Å². The molecule has 4 rings (SSSR count). The zero-order chi connectivity index (χ0) is 20.9. The predicted molar refractivity (Wildman–Crippen MR) is 117 cm³/mol. The monoisotopic (exact) mass is 399 g/mol. The van der Waals surface area contributed by atoms with Gasteiger partial charge in [-0.2, -0.15) is 0 Å². The maximum Gasteiger partial charge on any atom is 0.298 e. The van der Waals surface area contributed by atoms with Gasteiger partial charge >= 0.3 is 0 Å². The Balaban J connectivity index is 1.63. The summed E-state index contributed by atoms with van der Waals surface area (Å²) in [7, 11) is 2.01. The van der Waals surface area contributed by atoms with Crippen molar-refractivity contribution >= 4 is 5.91 Å². The van der Waals surface area contributed by atoms with Crippen LogP contribution in [0, 0.1) is 11.8 Å². The Morgan fingerprint density at radius 2 is 1.87 bits per heavy atom. The number of aryl methyl sites for hydroxylation is 1. The van der Waals surface area contributed by atoms with Gasteiger partial charge in [-0.3, -0.25) is 4.79 Å². The molecule has 152 valence electrons. The van der Waals surface area contributed by atoms with Crippen LogP contribution >= 0.6 is 0 Å². The van der Waals surface area contributed by atoms with Crippen molar-refractivity contribution in [3.05, 3.63) is 66.5 Å². The molecule has 3 aromatic rings. The second-order valence-electron chi connectivity index (χ2n) is 7.47. The molecule has 1 aliphatic heterocycles. The van der Waals surface area contributed by atoms with Gasteiger partial charge in [-0.25, -0.2) is 4.98 Å². The molecule has 1 saturated heterocycles. The quantitative estimate of drug-likeness (QED) is 0.602. The number of benzene rings is 2. The first kappa shape index (κ1) is 19.8. The molecule has 0 radical (unpaired) electrons. The second-order valence-corrected chi connectivity index (χ2v) is 7.47. The number of rotatable bonds is 4. The molecule has 1 amide bonds. The highest BCUT2D eigenvalue weighted by Crippen LogP contribution is 2.38. The Hall–Kier alpha value is -3.52. The summed E-state index contributed by atoms with van der Waals surface area (Å²) in [6.07, 6.45) is 5.56. The minimum Gasteiger partial charge on any atom is -0.457 e. The van der Waals surface area contributed by atoms with Crippen LogP contribution in [0.15, 0.2) is 60.9 Å². The Morgan fingerprint density at radius 1 is 1.10 bits per heavy atom. The molecule has 0 bridgehead atoms. The summed E-state index contributed by atoms with van der Waals surface area (Å²) in [5.74, 6) is 8.16. The maximum atomic E-state index is 12.1. The van der Waals surface area contributed by atoms with E-state index in [1.165, 1.54) is 5.56 Å². The molecule has 5 heteroatoms. The summed E-state index contributed by atoms with van der Waals surface area (Å²) < 4.78 is 8.13. The zero-order valence-corrected chi connectivity index (χ0v) is 17.3. The highest BCUT2D eigenvalue weighted by Gasteiger charge is 2.26. The van der Waals surface area contributed by atoms with Crippen LogP contribution in [0.5, 0.6) is 11.5 Å². The van der Waals surface area contributed by atoms with E-state index in [1.54, 1.807) is 6.92 Å². The molecule has 0 N–H and O–H groups in total. The SMILES string of the molecule is CC#CC(=O)N1CCC(c2cc(Oc3ccccc3)ccc2-c2nccn2C)CC1.